The van der Waals surface area contributed by atoms with E-state index in [-0.39, 0.29) is 6.04 Å². The lowest BCUT2D eigenvalue weighted by Crippen LogP contribution is -2.24. The van der Waals surface area contributed by atoms with Crippen molar-refractivity contribution in [2.24, 2.45) is 5.73 Å². The summed E-state index contributed by atoms with van der Waals surface area (Å²) in [5.74, 6) is 1.15. The van der Waals surface area contributed by atoms with Gasteiger partial charge in [0.1, 0.15) is 5.82 Å². The zero-order valence-corrected chi connectivity index (χ0v) is 9.32. The van der Waals surface area contributed by atoms with Crippen molar-refractivity contribution in [1.29, 1.82) is 0 Å². The lowest BCUT2D eigenvalue weighted by atomic mass is 10.1. The van der Waals surface area contributed by atoms with Gasteiger partial charge in [-0.2, -0.15) is 0 Å². The summed E-state index contributed by atoms with van der Waals surface area (Å²) in [6.45, 7) is 4.33. The van der Waals surface area contributed by atoms with Crippen molar-refractivity contribution in [3.05, 3.63) is 23.9 Å². The summed E-state index contributed by atoms with van der Waals surface area (Å²) in [5, 5.41) is 0. The van der Waals surface area contributed by atoms with Crippen LogP contribution in [0.4, 0.5) is 5.82 Å². The van der Waals surface area contributed by atoms with Gasteiger partial charge in [0.2, 0.25) is 0 Å². The van der Waals surface area contributed by atoms with Gasteiger partial charge in [0, 0.05) is 25.3 Å². The molecule has 0 amide bonds. The van der Waals surface area contributed by atoms with Gasteiger partial charge < -0.3 is 10.6 Å². The van der Waals surface area contributed by atoms with Gasteiger partial charge in [0.15, 0.2) is 0 Å². The summed E-state index contributed by atoms with van der Waals surface area (Å²) < 4.78 is 0. The zero-order valence-electron chi connectivity index (χ0n) is 9.32. The Morgan fingerprint density at radius 1 is 1.47 bits per heavy atom. The molecule has 82 valence electrons. The number of anilines is 1. The number of nitrogens with two attached hydrogens (primary N) is 1. The molecule has 3 heteroatoms. The Morgan fingerprint density at radius 3 is 2.87 bits per heavy atom. The van der Waals surface area contributed by atoms with Gasteiger partial charge in [-0.05, 0) is 37.8 Å². The standard InChI is InChI=1S/C12H19N3/c1-10(13)9-11-5-4-6-14-12(11)15-7-2-3-8-15/h4-6,10H,2-3,7-9,13H2,1H3. The molecule has 1 aromatic rings. The van der Waals surface area contributed by atoms with Gasteiger partial charge in [0.25, 0.3) is 0 Å². The average Bonchev–Trinajstić information content (AvgIpc) is 2.70. The van der Waals surface area contributed by atoms with E-state index in [1.54, 1.807) is 0 Å². The normalized spacial score (nSPS) is 18.1. The second-order valence-electron chi connectivity index (χ2n) is 4.36. The fraction of sp³-hybridized carbons (Fsp3) is 0.583. The van der Waals surface area contributed by atoms with Crippen LogP contribution in [-0.2, 0) is 6.42 Å². The third-order valence-corrected chi connectivity index (χ3v) is 2.81. The monoisotopic (exact) mass is 205 g/mol. The van der Waals surface area contributed by atoms with Gasteiger partial charge in [0.05, 0.1) is 0 Å². The fourth-order valence-corrected chi connectivity index (χ4v) is 2.15. The number of hydrogen-bond donors (Lipinski definition) is 1. The fourth-order valence-electron chi connectivity index (χ4n) is 2.15. The molecule has 2 N–H and O–H groups in total. The van der Waals surface area contributed by atoms with Crippen LogP contribution in [-0.4, -0.2) is 24.1 Å². The van der Waals surface area contributed by atoms with Crippen molar-refractivity contribution in [3.8, 4) is 0 Å². The first kappa shape index (κ1) is 10.4. The third kappa shape index (κ3) is 2.48. The Balaban J connectivity index is 2.20. The highest BCUT2D eigenvalue weighted by Gasteiger charge is 2.16. The van der Waals surface area contributed by atoms with E-state index in [0.29, 0.717) is 0 Å². The molecule has 1 saturated heterocycles. The minimum absolute atomic E-state index is 0.204. The van der Waals surface area contributed by atoms with Crippen LogP contribution < -0.4 is 10.6 Å². The summed E-state index contributed by atoms with van der Waals surface area (Å²) in [6, 6.07) is 4.34. The predicted molar refractivity (Wildman–Crippen MR) is 63.0 cm³/mol. The Kier molecular flexibility index (Phi) is 3.21. The van der Waals surface area contributed by atoms with Gasteiger partial charge >= 0.3 is 0 Å². The molecule has 1 unspecified atom stereocenters. The van der Waals surface area contributed by atoms with E-state index in [9.17, 15) is 0 Å². The van der Waals surface area contributed by atoms with E-state index in [4.69, 9.17) is 5.73 Å². The van der Waals surface area contributed by atoms with Crippen molar-refractivity contribution in [2.75, 3.05) is 18.0 Å². The molecule has 15 heavy (non-hydrogen) atoms. The number of pyridine rings is 1. The lowest BCUT2D eigenvalue weighted by molar-refractivity contribution is 0.731. The summed E-state index contributed by atoms with van der Waals surface area (Å²) in [7, 11) is 0. The molecule has 2 heterocycles. The van der Waals surface area contributed by atoms with Crippen LogP contribution in [0.2, 0.25) is 0 Å². The van der Waals surface area contributed by atoms with Crippen LogP contribution in [0.1, 0.15) is 25.3 Å². The van der Waals surface area contributed by atoms with Gasteiger partial charge in [-0.3, -0.25) is 0 Å². The maximum Gasteiger partial charge on any atom is 0.131 e. The van der Waals surface area contributed by atoms with Gasteiger partial charge in [-0.1, -0.05) is 6.07 Å². The van der Waals surface area contributed by atoms with Crippen LogP contribution in [0.25, 0.3) is 0 Å². The Bertz CT molecular complexity index is 316. The molecule has 1 aliphatic heterocycles. The second-order valence-corrected chi connectivity index (χ2v) is 4.36. The second kappa shape index (κ2) is 4.62. The molecule has 1 aromatic heterocycles. The minimum atomic E-state index is 0.204. The van der Waals surface area contributed by atoms with Crippen LogP contribution in [0.5, 0.6) is 0 Å². The van der Waals surface area contributed by atoms with Crippen LogP contribution >= 0.6 is 0 Å². The summed E-state index contributed by atoms with van der Waals surface area (Å²) in [5.41, 5.74) is 7.13. The maximum atomic E-state index is 5.85. The summed E-state index contributed by atoms with van der Waals surface area (Å²) >= 11 is 0. The van der Waals surface area contributed by atoms with Crippen LogP contribution in [0, 0.1) is 0 Å². The first-order chi connectivity index (χ1) is 7.27. The molecule has 1 aliphatic rings. The Hall–Kier alpha value is -1.09. The molecule has 0 spiro atoms. The first-order valence-corrected chi connectivity index (χ1v) is 5.72. The Labute approximate surface area is 91.3 Å². The molecule has 0 saturated carbocycles. The first-order valence-electron chi connectivity index (χ1n) is 5.72. The molecule has 3 nitrogen and oxygen atoms in total. The summed E-state index contributed by atoms with van der Waals surface area (Å²) in [6.07, 6.45) is 5.36. The van der Waals surface area contributed by atoms with Gasteiger partial charge in [-0.25, -0.2) is 4.98 Å². The number of nitrogens with zero attached hydrogens (tertiary/aromatic N) is 2. The van der Waals surface area contributed by atoms with Crippen LogP contribution in [0.15, 0.2) is 18.3 Å². The zero-order chi connectivity index (χ0) is 10.7. The molecule has 2 rings (SSSR count). The van der Waals surface area contributed by atoms with Gasteiger partial charge in [-0.15, -0.1) is 0 Å². The largest absolute Gasteiger partial charge is 0.356 e. The molecular formula is C12H19N3. The maximum absolute atomic E-state index is 5.85. The minimum Gasteiger partial charge on any atom is -0.356 e. The molecule has 1 fully saturated rings. The van der Waals surface area contributed by atoms with E-state index < -0.39 is 0 Å². The highest BCUT2D eigenvalue weighted by atomic mass is 15.2. The highest BCUT2D eigenvalue weighted by molar-refractivity contribution is 5.47. The van der Waals surface area contributed by atoms with Crippen molar-refractivity contribution >= 4 is 5.82 Å². The van der Waals surface area contributed by atoms with Crippen molar-refractivity contribution in [1.82, 2.24) is 4.98 Å². The summed E-state index contributed by atoms with van der Waals surface area (Å²) in [4.78, 5) is 6.86. The van der Waals surface area contributed by atoms with E-state index in [1.807, 2.05) is 19.2 Å². The molecule has 0 aromatic carbocycles. The molecule has 0 radical (unpaired) electrons. The van der Waals surface area contributed by atoms with E-state index in [1.165, 1.54) is 18.4 Å². The molecule has 1 atom stereocenters. The Morgan fingerprint density at radius 2 is 2.20 bits per heavy atom. The van der Waals surface area contributed by atoms with Crippen LogP contribution in [0.3, 0.4) is 0 Å². The quantitative estimate of drug-likeness (QED) is 0.814. The van der Waals surface area contributed by atoms with Crippen molar-refractivity contribution < 1.29 is 0 Å². The molecular weight excluding hydrogens is 186 g/mol. The van der Waals surface area contributed by atoms with Crippen molar-refractivity contribution in [3.63, 3.8) is 0 Å². The SMILES string of the molecule is CC(N)Cc1cccnc1N1CCCC1. The number of aromatic nitrogens is 1. The lowest BCUT2D eigenvalue weighted by Gasteiger charge is -2.20. The number of hydrogen-bond acceptors (Lipinski definition) is 3. The molecule has 0 bridgehead atoms. The smallest absolute Gasteiger partial charge is 0.131 e. The third-order valence-electron chi connectivity index (χ3n) is 2.81. The van der Waals surface area contributed by atoms with E-state index >= 15 is 0 Å². The predicted octanol–water partition coefficient (Wildman–Crippen LogP) is 1.57. The average molecular weight is 205 g/mol. The highest BCUT2D eigenvalue weighted by Crippen LogP contribution is 2.22. The number of rotatable bonds is 3. The van der Waals surface area contributed by atoms with Crippen molar-refractivity contribution in [2.45, 2.75) is 32.2 Å². The van der Waals surface area contributed by atoms with E-state index in [2.05, 4.69) is 16.0 Å². The van der Waals surface area contributed by atoms with E-state index in [0.717, 1.165) is 25.3 Å². The molecule has 0 aliphatic carbocycles. The topological polar surface area (TPSA) is 42.1 Å².